The first-order chi connectivity index (χ1) is 15.4. The molecule has 5 rings (SSSR count). The molecule has 0 spiro atoms. The van der Waals surface area contributed by atoms with Gasteiger partial charge in [0.05, 0.1) is 5.69 Å². The molecule has 0 saturated carbocycles. The number of esters is 1. The fraction of sp³-hybridized carbons (Fsp3) is 0.273. The second kappa shape index (κ2) is 8.00. The molecule has 2 saturated heterocycles. The highest BCUT2D eigenvalue weighted by molar-refractivity contribution is 9.10. The third kappa shape index (κ3) is 3.51. The summed E-state index contributed by atoms with van der Waals surface area (Å²) in [6, 6.07) is 10.1. The molecule has 3 aromatic rings. The molecular formula is C22H17BrFN3O4S. The molecule has 1 aromatic carbocycles. The number of halogens is 2. The summed E-state index contributed by atoms with van der Waals surface area (Å²) >= 11 is 4.81. The van der Waals surface area contributed by atoms with Gasteiger partial charge in [0.25, 0.3) is 5.56 Å². The summed E-state index contributed by atoms with van der Waals surface area (Å²) in [5.74, 6) is -0.654. The molecule has 1 amide bonds. The van der Waals surface area contributed by atoms with Crippen LogP contribution in [0, 0.1) is 5.82 Å². The molecule has 2 aliphatic rings. The van der Waals surface area contributed by atoms with Crippen LogP contribution in [0.2, 0.25) is 0 Å². The van der Waals surface area contributed by atoms with Crippen LogP contribution in [0.1, 0.15) is 24.1 Å². The summed E-state index contributed by atoms with van der Waals surface area (Å²) in [6.45, 7) is -0.173. The summed E-state index contributed by atoms with van der Waals surface area (Å²) in [7, 11) is 0. The number of rotatable bonds is 4. The van der Waals surface area contributed by atoms with Crippen molar-refractivity contribution < 1.29 is 18.7 Å². The van der Waals surface area contributed by atoms with Gasteiger partial charge in [-0.1, -0.05) is 12.1 Å². The maximum atomic E-state index is 13.4. The number of thioether (sulfide) groups is 1. The predicted molar refractivity (Wildman–Crippen MR) is 119 cm³/mol. The standard InChI is InChI=1S/C22H17BrFN3O4S/c23-14-3-6-18-25-16(9-20(29)26(18)10-14)11-31-21(30)17-12-32-22(8-7-19(28)27(17)22)13-1-4-15(24)5-2-13/h1-6,9-10,17H,7-8,11-12H2/t17-,22+/m1/s1. The molecule has 2 aliphatic heterocycles. The summed E-state index contributed by atoms with van der Waals surface area (Å²) in [6.07, 6.45) is 2.47. The number of hydrogen-bond donors (Lipinski definition) is 0. The summed E-state index contributed by atoms with van der Waals surface area (Å²) in [4.78, 5) is 43.2. The van der Waals surface area contributed by atoms with Gasteiger partial charge in [-0.15, -0.1) is 11.8 Å². The van der Waals surface area contributed by atoms with Gasteiger partial charge in [-0.3, -0.25) is 14.0 Å². The third-order valence-electron chi connectivity index (χ3n) is 5.73. The first kappa shape index (κ1) is 21.1. The number of amides is 1. The number of carbonyl (C=O) groups excluding carboxylic acids is 2. The second-order valence-corrected chi connectivity index (χ2v) is 9.86. The average molecular weight is 518 g/mol. The van der Waals surface area contributed by atoms with Crippen LogP contribution in [0.4, 0.5) is 4.39 Å². The molecule has 10 heteroatoms. The van der Waals surface area contributed by atoms with Crippen LogP contribution in [0.25, 0.3) is 5.65 Å². The predicted octanol–water partition coefficient (Wildman–Crippen LogP) is 3.23. The summed E-state index contributed by atoms with van der Waals surface area (Å²) in [5.41, 5.74) is 1.27. The van der Waals surface area contributed by atoms with E-state index in [4.69, 9.17) is 4.74 Å². The van der Waals surface area contributed by atoms with Gasteiger partial charge in [-0.05, 0) is 52.2 Å². The summed E-state index contributed by atoms with van der Waals surface area (Å²) < 4.78 is 21.0. The van der Waals surface area contributed by atoms with Gasteiger partial charge >= 0.3 is 5.97 Å². The molecule has 164 valence electrons. The van der Waals surface area contributed by atoms with Crippen LogP contribution >= 0.6 is 27.7 Å². The van der Waals surface area contributed by atoms with Crippen molar-refractivity contribution >= 4 is 45.2 Å². The number of pyridine rings is 1. The van der Waals surface area contributed by atoms with E-state index in [9.17, 15) is 18.8 Å². The topological polar surface area (TPSA) is 81.0 Å². The van der Waals surface area contributed by atoms with Crippen molar-refractivity contribution in [1.29, 1.82) is 0 Å². The van der Waals surface area contributed by atoms with Crippen LogP contribution < -0.4 is 5.56 Å². The Balaban J connectivity index is 1.36. The fourth-order valence-corrected chi connectivity index (χ4v) is 6.24. The number of hydrogen-bond acceptors (Lipinski definition) is 6. The van der Waals surface area contributed by atoms with Gasteiger partial charge < -0.3 is 9.64 Å². The van der Waals surface area contributed by atoms with Crippen LogP contribution in [-0.2, 0) is 25.8 Å². The minimum atomic E-state index is -0.752. The van der Waals surface area contributed by atoms with E-state index < -0.39 is 16.9 Å². The van der Waals surface area contributed by atoms with E-state index >= 15 is 0 Å². The van der Waals surface area contributed by atoms with Crippen LogP contribution in [0.15, 0.2) is 57.9 Å². The molecule has 32 heavy (non-hydrogen) atoms. The lowest BCUT2D eigenvalue weighted by atomic mass is 10.0. The molecule has 2 atom stereocenters. The number of nitrogens with zero attached hydrogens (tertiary/aromatic N) is 3. The second-order valence-electron chi connectivity index (χ2n) is 7.65. The Hall–Kier alpha value is -2.72. The number of benzene rings is 1. The lowest BCUT2D eigenvalue weighted by Crippen LogP contribution is -2.46. The lowest BCUT2D eigenvalue weighted by molar-refractivity contribution is -0.155. The first-order valence-corrected chi connectivity index (χ1v) is 11.7. The van der Waals surface area contributed by atoms with Crippen LogP contribution in [0.3, 0.4) is 0 Å². The maximum Gasteiger partial charge on any atom is 0.330 e. The fourth-order valence-electron chi connectivity index (χ4n) is 4.27. The molecule has 0 bridgehead atoms. The maximum absolute atomic E-state index is 13.4. The van der Waals surface area contributed by atoms with E-state index in [1.54, 1.807) is 35.4 Å². The van der Waals surface area contributed by atoms with Crippen molar-refractivity contribution in [2.75, 3.05) is 5.75 Å². The van der Waals surface area contributed by atoms with Gasteiger partial charge in [0.2, 0.25) is 5.91 Å². The van der Waals surface area contributed by atoms with Gasteiger partial charge in [0, 0.05) is 28.9 Å². The molecule has 0 aliphatic carbocycles. The monoisotopic (exact) mass is 517 g/mol. The zero-order chi connectivity index (χ0) is 22.5. The smallest absolute Gasteiger partial charge is 0.330 e. The minimum absolute atomic E-state index is 0.131. The first-order valence-electron chi connectivity index (χ1n) is 9.94. The average Bonchev–Trinajstić information content (AvgIpc) is 3.32. The van der Waals surface area contributed by atoms with E-state index in [0.717, 1.165) is 10.0 Å². The van der Waals surface area contributed by atoms with E-state index in [1.807, 2.05) is 0 Å². The Kier molecular flexibility index (Phi) is 5.29. The van der Waals surface area contributed by atoms with Gasteiger partial charge in [-0.25, -0.2) is 14.2 Å². The van der Waals surface area contributed by atoms with Crippen LogP contribution in [0.5, 0.6) is 0 Å². The van der Waals surface area contributed by atoms with Crippen molar-refractivity contribution in [3.05, 3.63) is 80.6 Å². The number of aromatic nitrogens is 2. The minimum Gasteiger partial charge on any atom is -0.458 e. The number of ether oxygens (including phenoxy) is 1. The van der Waals surface area contributed by atoms with E-state index in [1.165, 1.54) is 34.4 Å². The lowest BCUT2D eigenvalue weighted by Gasteiger charge is -2.33. The largest absolute Gasteiger partial charge is 0.458 e. The molecule has 0 radical (unpaired) electrons. The Morgan fingerprint density at radius 3 is 2.81 bits per heavy atom. The Labute approximate surface area is 194 Å². The molecule has 7 nitrogen and oxygen atoms in total. The van der Waals surface area contributed by atoms with E-state index in [-0.39, 0.29) is 23.9 Å². The molecule has 2 fully saturated rings. The quantitative estimate of drug-likeness (QED) is 0.494. The highest BCUT2D eigenvalue weighted by Crippen LogP contribution is 2.54. The van der Waals surface area contributed by atoms with Crippen molar-refractivity contribution in [3.8, 4) is 0 Å². The van der Waals surface area contributed by atoms with Gasteiger partial charge in [0.1, 0.15) is 29.0 Å². The highest BCUT2D eigenvalue weighted by atomic mass is 79.9. The summed E-state index contributed by atoms with van der Waals surface area (Å²) in [5, 5.41) is 0. The zero-order valence-corrected chi connectivity index (χ0v) is 19.1. The van der Waals surface area contributed by atoms with E-state index in [0.29, 0.717) is 29.9 Å². The van der Waals surface area contributed by atoms with Crippen molar-refractivity contribution in [3.63, 3.8) is 0 Å². The Morgan fingerprint density at radius 1 is 1.25 bits per heavy atom. The Morgan fingerprint density at radius 2 is 2.03 bits per heavy atom. The zero-order valence-electron chi connectivity index (χ0n) is 16.7. The van der Waals surface area contributed by atoms with E-state index in [2.05, 4.69) is 20.9 Å². The number of fused-ring (bicyclic) bond motifs is 2. The molecular weight excluding hydrogens is 501 g/mol. The highest BCUT2D eigenvalue weighted by Gasteiger charge is 2.57. The van der Waals surface area contributed by atoms with Crippen molar-refractivity contribution in [2.45, 2.75) is 30.4 Å². The molecule has 0 N–H and O–H groups in total. The van der Waals surface area contributed by atoms with Crippen molar-refractivity contribution in [1.82, 2.24) is 14.3 Å². The SMILES string of the molecule is O=C(OCc1cc(=O)n2cc(Br)ccc2n1)[C@H]1CS[C@]2(c3ccc(F)cc3)CCC(=O)N12. The normalized spacial score (nSPS) is 22.4. The third-order valence-corrected chi connectivity index (χ3v) is 7.80. The molecule has 4 heterocycles. The Bertz CT molecular complexity index is 1300. The molecule has 0 unspecified atom stereocenters. The number of carbonyl (C=O) groups is 2. The molecule has 2 aromatic heterocycles. The van der Waals surface area contributed by atoms with Gasteiger partial charge in [0.15, 0.2) is 0 Å². The van der Waals surface area contributed by atoms with Gasteiger partial charge in [-0.2, -0.15) is 0 Å². The van der Waals surface area contributed by atoms with Crippen molar-refractivity contribution in [2.24, 2.45) is 0 Å². The van der Waals surface area contributed by atoms with Crippen LogP contribution in [-0.4, -0.2) is 38.0 Å².